The number of aromatic nitrogens is 3. The second kappa shape index (κ2) is 7.89. The molecule has 1 saturated heterocycles. The molecule has 1 fully saturated rings. The summed E-state index contributed by atoms with van der Waals surface area (Å²) in [6.07, 6.45) is 6.72. The largest absolute Gasteiger partial charge is 0.493 e. The van der Waals surface area contributed by atoms with E-state index in [9.17, 15) is 4.21 Å². The maximum atomic E-state index is 12.0. The van der Waals surface area contributed by atoms with Crippen LogP contribution in [-0.2, 0) is 9.73 Å². The molecule has 3 heterocycles. The lowest BCUT2D eigenvalue weighted by molar-refractivity contribution is 0.251. The zero-order valence-corrected chi connectivity index (χ0v) is 16.7. The monoisotopic (exact) mass is 417 g/mol. The van der Waals surface area contributed by atoms with Gasteiger partial charge in [-0.2, -0.15) is 0 Å². The number of fused-ring (bicyclic) bond motifs is 1. The van der Waals surface area contributed by atoms with Gasteiger partial charge in [-0.3, -0.25) is 4.78 Å². The molecule has 2 unspecified atom stereocenters. The Morgan fingerprint density at radius 1 is 1.25 bits per heavy atom. The second-order valence-electron chi connectivity index (χ2n) is 6.91. The lowest BCUT2D eigenvalue weighted by Gasteiger charge is -2.23. The van der Waals surface area contributed by atoms with Gasteiger partial charge in [0.1, 0.15) is 11.6 Å². The predicted octanol–water partition coefficient (Wildman–Crippen LogP) is 4.26. The lowest BCUT2D eigenvalue weighted by atomic mass is 10.1. The fourth-order valence-electron chi connectivity index (χ4n) is 3.36. The molecule has 9 heteroatoms. The summed E-state index contributed by atoms with van der Waals surface area (Å²) < 4.78 is 25.7. The summed E-state index contributed by atoms with van der Waals surface area (Å²) >= 11 is 5.72. The molecule has 0 bridgehead atoms. The number of benzene rings is 1. The first kappa shape index (κ1) is 18.9. The molecule has 2 N–H and O–H groups in total. The third-order valence-corrected chi connectivity index (χ3v) is 6.85. The summed E-state index contributed by atoms with van der Waals surface area (Å²) in [6, 6.07) is 7.73. The number of nitrogens with one attached hydrogen (secondary N) is 2. The number of hydrogen-bond acceptors (Lipinski definition) is 7. The van der Waals surface area contributed by atoms with E-state index in [0.717, 1.165) is 29.4 Å². The molecular formula is C19H20ClN5O2S. The number of anilines is 2. The van der Waals surface area contributed by atoms with Crippen molar-refractivity contribution in [1.29, 1.82) is 4.78 Å². The Labute approximate surface area is 168 Å². The van der Waals surface area contributed by atoms with Gasteiger partial charge in [0.2, 0.25) is 5.28 Å². The van der Waals surface area contributed by atoms with E-state index in [1.807, 2.05) is 24.3 Å². The fraction of sp³-hybridized carbons (Fsp3) is 0.316. The molecule has 0 radical (unpaired) electrons. The van der Waals surface area contributed by atoms with Crippen molar-refractivity contribution in [1.82, 2.24) is 15.0 Å². The average Bonchev–Trinajstić information content (AvgIpc) is 2.67. The normalized spacial score (nSPS) is 22.1. The van der Waals surface area contributed by atoms with Gasteiger partial charge in [-0.25, -0.2) is 19.2 Å². The fourth-order valence-corrected chi connectivity index (χ4v) is 5.28. The van der Waals surface area contributed by atoms with Gasteiger partial charge in [-0.1, -0.05) is 0 Å². The minimum Gasteiger partial charge on any atom is -0.493 e. The SMILES string of the molecule is N=S1(=O)CCCC(COc2ccc3c(Nc4cnc(Cl)nc4)nccc3c2)C1. The topological polar surface area (TPSA) is 101 Å². The van der Waals surface area contributed by atoms with Crippen LogP contribution in [0, 0.1) is 10.7 Å². The standard InChI is InChI=1S/C19H20ClN5O2S/c20-19-23-9-15(10-24-19)25-18-17-4-3-16(8-14(17)5-6-22-18)27-11-13-2-1-7-28(21,26)12-13/h3-6,8-10,13,21H,1-2,7,11-12H2,(H,22,25). The van der Waals surface area contributed by atoms with E-state index in [2.05, 4.69) is 20.3 Å². The van der Waals surface area contributed by atoms with Crippen molar-refractivity contribution in [3.05, 3.63) is 48.1 Å². The lowest BCUT2D eigenvalue weighted by Crippen LogP contribution is -2.28. The van der Waals surface area contributed by atoms with Crippen LogP contribution in [0.1, 0.15) is 12.8 Å². The molecule has 2 aromatic heterocycles. The van der Waals surface area contributed by atoms with Crippen LogP contribution in [0.3, 0.4) is 0 Å². The summed E-state index contributed by atoms with van der Waals surface area (Å²) in [5.74, 6) is 2.56. The van der Waals surface area contributed by atoms with Crippen molar-refractivity contribution in [2.75, 3.05) is 23.4 Å². The van der Waals surface area contributed by atoms with Crippen LogP contribution < -0.4 is 10.1 Å². The molecular weight excluding hydrogens is 398 g/mol. The highest BCUT2D eigenvalue weighted by atomic mass is 35.5. The van der Waals surface area contributed by atoms with Gasteiger partial charge in [0.25, 0.3) is 0 Å². The van der Waals surface area contributed by atoms with Gasteiger partial charge < -0.3 is 10.1 Å². The van der Waals surface area contributed by atoms with Gasteiger partial charge in [0.15, 0.2) is 0 Å². The van der Waals surface area contributed by atoms with Crippen LogP contribution >= 0.6 is 11.6 Å². The smallest absolute Gasteiger partial charge is 0.222 e. The maximum absolute atomic E-state index is 12.0. The highest BCUT2D eigenvalue weighted by Gasteiger charge is 2.22. The highest BCUT2D eigenvalue weighted by molar-refractivity contribution is 7.92. The number of ether oxygens (including phenoxy) is 1. The van der Waals surface area contributed by atoms with Crippen LogP contribution in [0.2, 0.25) is 5.28 Å². The summed E-state index contributed by atoms with van der Waals surface area (Å²) in [4.78, 5) is 12.3. The van der Waals surface area contributed by atoms with Gasteiger partial charge in [-0.15, -0.1) is 0 Å². The zero-order chi connectivity index (χ0) is 19.6. The van der Waals surface area contributed by atoms with Crippen LogP contribution in [-0.4, -0.2) is 37.3 Å². The molecule has 4 rings (SSSR count). The van der Waals surface area contributed by atoms with E-state index < -0.39 is 9.73 Å². The molecule has 0 saturated carbocycles. The Bertz CT molecular complexity index is 1090. The van der Waals surface area contributed by atoms with Crippen LogP contribution in [0.5, 0.6) is 5.75 Å². The molecule has 0 amide bonds. The predicted molar refractivity (Wildman–Crippen MR) is 111 cm³/mol. The van der Waals surface area contributed by atoms with Crippen LogP contribution in [0.4, 0.5) is 11.5 Å². The van der Waals surface area contributed by atoms with Gasteiger partial charge >= 0.3 is 0 Å². The van der Waals surface area contributed by atoms with Gasteiger partial charge in [0.05, 0.1) is 24.7 Å². The molecule has 28 heavy (non-hydrogen) atoms. The first-order valence-electron chi connectivity index (χ1n) is 8.99. The number of pyridine rings is 1. The average molecular weight is 418 g/mol. The third-order valence-electron chi connectivity index (χ3n) is 4.70. The van der Waals surface area contributed by atoms with E-state index in [-0.39, 0.29) is 11.2 Å². The van der Waals surface area contributed by atoms with E-state index in [0.29, 0.717) is 29.6 Å². The van der Waals surface area contributed by atoms with Crippen molar-refractivity contribution in [2.24, 2.45) is 5.92 Å². The van der Waals surface area contributed by atoms with Crippen molar-refractivity contribution >= 4 is 43.6 Å². The van der Waals surface area contributed by atoms with Gasteiger partial charge in [-0.05, 0) is 54.1 Å². The minimum absolute atomic E-state index is 0.175. The second-order valence-corrected chi connectivity index (χ2v) is 9.61. The number of hydrogen-bond donors (Lipinski definition) is 2. The van der Waals surface area contributed by atoms with Crippen LogP contribution in [0.25, 0.3) is 10.8 Å². The third kappa shape index (κ3) is 4.51. The molecule has 1 aliphatic heterocycles. The number of rotatable bonds is 5. The van der Waals surface area contributed by atoms with Crippen molar-refractivity contribution < 1.29 is 8.95 Å². The Morgan fingerprint density at radius 3 is 2.86 bits per heavy atom. The summed E-state index contributed by atoms with van der Waals surface area (Å²) in [5.41, 5.74) is 0.695. The summed E-state index contributed by atoms with van der Waals surface area (Å²) in [5, 5.41) is 5.32. The molecule has 0 spiro atoms. The molecule has 0 aliphatic carbocycles. The van der Waals surface area contributed by atoms with Crippen molar-refractivity contribution in [3.8, 4) is 5.75 Å². The molecule has 3 aromatic rings. The van der Waals surface area contributed by atoms with E-state index in [1.165, 1.54) is 0 Å². The first-order chi connectivity index (χ1) is 13.5. The van der Waals surface area contributed by atoms with Gasteiger partial charge in [0, 0.05) is 38.7 Å². The summed E-state index contributed by atoms with van der Waals surface area (Å²) in [6.45, 7) is 0.486. The molecule has 1 aliphatic rings. The Kier molecular flexibility index (Phi) is 5.32. The molecule has 146 valence electrons. The van der Waals surface area contributed by atoms with E-state index >= 15 is 0 Å². The molecule has 2 atom stereocenters. The first-order valence-corrected chi connectivity index (χ1v) is 11.3. The Hall–Kier alpha value is -2.45. The minimum atomic E-state index is -2.42. The summed E-state index contributed by atoms with van der Waals surface area (Å²) in [7, 11) is -2.42. The Balaban J connectivity index is 1.49. The van der Waals surface area contributed by atoms with Crippen molar-refractivity contribution in [3.63, 3.8) is 0 Å². The highest BCUT2D eigenvalue weighted by Crippen LogP contribution is 2.28. The zero-order valence-electron chi connectivity index (χ0n) is 15.1. The number of halogens is 1. The quantitative estimate of drug-likeness (QED) is 0.601. The molecule has 7 nitrogen and oxygen atoms in total. The van der Waals surface area contributed by atoms with E-state index in [4.69, 9.17) is 21.1 Å². The molecule has 1 aromatic carbocycles. The number of nitrogens with zero attached hydrogens (tertiary/aromatic N) is 3. The maximum Gasteiger partial charge on any atom is 0.222 e. The Morgan fingerprint density at radius 2 is 2.07 bits per heavy atom. The van der Waals surface area contributed by atoms with Crippen molar-refractivity contribution in [2.45, 2.75) is 12.8 Å². The van der Waals surface area contributed by atoms with E-state index in [1.54, 1.807) is 18.6 Å². The van der Waals surface area contributed by atoms with Crippen LogP contribution in [0.15, 0.2) is 42.9 Å².